The molecular weight excluding hydrogens is 336 g/mol. The molecule has 0 amide bonds. The summed E-state index contributed by atoms with van der Waals surface area (Å²) in [6.45, 7) is 6.16. The summed E-state index contributed by atoms with van der Waals surface area (Å²) >= 11 is 5.90. The summed E-state index contributed by atoms with van der Waals surface area (Å²) in [5, 5.41) is 0.585. The second-order valence-electron chi connectivity index (χ2n) is 7.40. The first-order chi connectivity index (χ1) is 12.2. The first kappa shape index (κ1) is 15.3. The molecule has 2 aromatic rings. The van der Waals surface area contributed by atoms with Gasteiger partial charge >= 0.3 is 0 Å². The van der Waals surface area contributed by atoms with E-state index in [0.29, 0.717) is 16.9 Å². The fourth-order valence-corrected chi connectivity index (χ4v) is 4.69. The number of halogens is 1. The van der Waals surface area contributed by atoms with E-state index in [-0.39, 0.29) is 0 Å². The molecule has 6 nitrogen and oxygen atoms in total. The van der Waals surface area contributed by atoms with E-state index in [0.717, 1.165) is 50.8 Å². The minimum absolute atomic E-state index is 0.585. The summed E-state index contributed by atoms with van der Waals surface area (Å²) in [5.74, 6) is 4.19. The van der Waals surface area contributed by atoms with Crippen LogP contribution in [-0.2, 0) is 12.8 Å². The summed E-state index contributed by atoms with van der Waals surface area (Å²) in [6, 6.07) is 0. The number of aryl methyl sites for hydroxylation is 2. The number of hydrogen-bond donors (Lipinski definition) is 0. The Hall–Kier alpha value is -1.95. The van der Waals surface area contributed by atoms with Gasteiger partial charge in [0, 0.05) is 49.3 Å². The van der Waals surface area contributed by atoms with E-state index in [1.807, 2.05) is 6.92 Å². The molecule has 2 aromatic heterocycles. The zero-order valence-electron chi connectivity index (χ0n) is 14.3. The Morgan fingerprint density at radius 2 is 1.64 bits per heavy atom. The second-order valence-corrected chi connectivity index (χ2v) is 7.84. The highest BCUT2D eigenvalue weighted by Gasteiger charge is 2.42. The highest BCUT2D eigenvalue weighted by molar-refractivity contribution is 6.30. The predicted molar refractivity (Wildman–Crippen MR) is 97.2 cm³/mol. The van der Waals surface area contributed by atoms with Crippen molar-refractivity contribution in [1.82, 2.24) is 19.9 Å². The van der Waals surface area contributed by atoms with E-state index >= 15 is 0 Å². The molecular formula is C18H21ClN6. The molecule has 0 N–H and O–H groups in total. The number of anilines is 2. The molecule has 2 unspecified atom stereocenters. The Morgan fingerprint density at radius 1 is 0.960 bits per heavy atom. The van der Waals surface area contributed by atoms with Crippen LogP contribution >= 0.6 is 11.6 Å². The minimum atomic E-state index is 0.585. The highest BCUT2D eigenvalue weighted by atomic mass is 35.5. The number of fused-ring (bicyclic) bond motifs is 2. The Kier molecular flexibility index (Phi) is 3.55. The standard InChI is InChI=1S/C18H21ClN6/c1-11-22-16-4-2-3-15(16)17(23-11)24-7-12-9-25(10-13(12)8-24)18-20-5-14(19)6-21-18/h5-6,12-13H,2-4,7-10H2,1H3. The van der Waals surface area contributed by atoms with Crippen LogP contribution in [0, 0.1) is 18.8 Å². The highest BCUT2D eigenvalue weighted by Crippen LogP contribution is 2.37. The molecule has 0 radical (unpaired) electrons. The molecule has 0 spiro atoms. The molecule has 4 heterocycles. The molecule has 7 heteroatoms. The smallest absolute Gasteiger partial charge is 0.225 e. The van der Waals surface area contributed by atoms with E-state index < -0.39 is 0 Å². The first-order valence-electron chi connectivity index (χ1n) is 9.01. The van der Waals surface area contributed by atoms with E-state index in [1.54, 1.807) is 12.4 Å². The number of nitrogens with zero attached hydrogens (tertiary/aromatic N) is 6. The lowest BCUT2D eigenvalue weighted by molar-refractivity contribution is 0.533. The monoisotopic (exact) mass is 356 g/mol. The average molecular weight is 357 g/mol. The van der Waals surface area contributed by atoms with Gasteiger partial charge in [0.05, 0.1) is 17.4 Å². The topological polar surface area (TPSA) is 58.0 Å². The van der Waals surface area contributed by atoms with E-state index in [2.05, 4.69) is 24.8 Å². The van der Waals surface area contributed by atoms with Gasteiger partial charge in [0.15, 0.2) is 0 Å². The van der Waals surface area contributed by atoms with Gasteiger partial charge in [-0.1, -0.05) is 11.6 Å². The summed E-state index contributed by atoms with van der Waals surface area (Å²) in [6.07, 6.45) is 6.80. The summed E-state index contributed by atoms with van der Waals surface area (Å²) in [7, 11) is 0. The zero-order valence-corrected chi connectivity index (χ0v) is 15.1. The quantitative estimate of drug-likeness (QED) is 0.822. The van der Waals surface area contributed by atoms with Gasteiger partial charge in [0.25, 0.3) is 0 Å². The molecule has 25 heavy (non-hydrogen) atoms. The molecule has 2 saturated heterocycles. The van der Waals surface area contributed by atoms with Gasteiger partial charge in [-0.25, -0.2) is 19.9 Å². The van der Waals surface area contributed by atoms with Gasteiger partial charge in [-0.2, -0.15) is 0 Å². The molecule has 130 valence electrons. The molecule has 1 aliphatic carbocycles. The number of rotatable bonds is 2. The fourth-order valence-electron chi connectivity index (χ4n) is 4.59. The summed E-state index contributed by atoms with van der Waals surface area (Å²) in [5.41, 5.74) is 2.67. The molecule has 0 aromatic carbocycles. The van der Waals surface area contributed by atoms with E-state index in [1.165, 1.54) is 23.5 Å². The molecule has 2 atom stereocenters. The third kappa shape index (κ3) is 2.63. The molecule has 0 bridgehead atoms. The van der Waals surface area contributed by atoms with Crippen LogP contribution in [-0.4, -0.2) is 46.1 Å². The summed E-state index contributed by atoms with van der Waals surface area (Å²) < 4.78 is 0. The second kappa shape index (κ2) is 5.80. The Balaban J connectivity index is 1.34. The molecule has 3 aliphatic rings. The van der Waals surface area contributed by atoms with Gasteiger partial charge in [-0.3, -0.25) is 0 Å². The Bertz CT molecular complexity index is 794. The van der Waals surface area contributed by atoms with E-state index in [9.17, 15) is 0 Å². The maximum atomic E-state index is 5.90. The van der Waals surface area contributed by atoms with Gasteiger partial charge in [-0.15, -0.1) is 0 Å². The Labute approximate surface area is 152 Å². The van der Waals surface area contributed by atoms with Crippen LogP contribution in [0.25, 0.3) is 0 Å². The van der Waals surface area contributed by atoms with Crippen LogP contribution in [0.15, 0.2) is 12.4 Å². The van der Waals surface area contributed by atoms with Crippen molar-refractivity contribution in [3.8, 4) is 0 Å². The maximum absolute atomic E-state index is 5.90. The van der Waals surface area contributed by atoms with Crippen molar-refractivity contribution >= 4 is 23.4 Å². The molecule has 5 rings (SSSR count). The predicted octanol–water partition coefficient (Wildman–Crippen LogP) is 2.29. The lowest BCUT2D eigenvalue weighted by Crippen LogP contribution is -2.30. The van der Waals surface area contributed by atoms with Crippen molar-refractivity contribution in [1.29, 1.82) is 0 Å². The molecule has 0 saturated carbocycles. The van der Waals surface area contributed by atoms with Gasteiger partial charge in [0.2, 0.25) is 5.95 Å². The lowest BCUT2D eigenvalue weighted by atomic mass is 10.0. The number of hydrogen-bond acceptors (Lipinski definition) is 6. The van der Waals surface area contributed by atoms with Crippen LogP contribution < -0.4 is 9.80 Å². The van der Waals surface area contributed by atoms with Crippen molar-refractivity contribution in [3.63, 3.8) is 0 Å². The molecule has 2 aliphatic heterocycles. The van der Waals surface area contributed by atoms with Crippen LogP contribution in [0.3, 0.4) is 0 Å². The number of aromatic nitrogens is 4. The SMILES string of the molecule is Cc1nc2c(c(N3CC4CN(c5ncc(Cl)cn5)CC4C3)n1)CCC2. The van der Waals surface area contributed by atoms with Crippen LogP contribution in [0.2, 0.25) is 5.02 Å². The van der Waals surface area contributed by atoms with Gasteiger partial charge < -0.3 is 9.80 Å². The third-order valence-corrected chi connectivity index (χ3v) is 5.89. The van der Waals surface area contributed by atoms with Crippen molar-refractivity contribution < 1.29 is 0 Å². The maximum Gasteiger partial charge on any atom is 0.225 e. The normalized spacial score (nSPS) is 24.7. The Morgan fingerprint density at radius 3 is 2.36 bits per heavy atom. The average Bonchev–Trinajstić information content (AvgIpc) is 3.28. The van der Waals surface area contributed by atoms with Crippen molar-refractivity contribution in [2.24, 2.45) is 11.8 Å². The summed E-state index contributed by atoms with van der Waals surface area (Å²) in [4.78, 5) is 23.0. The largest absolute Gasteiger partial charge is 0.356 e. The third-order valence-electron chi connectivity index (χ3n) is 5.70. The van der Waals surface area contributed by atoms with Crippen LogP contribution in [0.1, 0.15) is 23.5 Å². The van der Waals surface area contributed by atoms with Gasteiger partial charge in [0.1, 0.15) is 11.6 Å². The van der Waals surface area contributed by atoms with E-state index in [4.69, 9.17) is 16.6 Å². The van der Waals surface area contributed by atoms with Gasteiger partial charge in [-0.05, 0) is 26.2 Å². The van der Waals surface area contributed by atoms with Crippen LogP contribution in [0.4, 0.5) is 11.8 Å². The minimum Gasteiger partial charge on any atom is -0.356 e. The van der Waals surface area contributed by atoms with Crippen LogP contribution in [0.5, 0.6) is 0 Å². The fraction of sp³-hybridized carbons (Fsp3) is 0.556. The van der Waals surface area contributed by atoms with Crippen molar-refractivity contribution in [3.05, 3.63) is 34.5 Å². The first-order valence-corrected chi connectivity index (χ1v) is 9.39. The molecule has 2 fully saturated rings. The lowest BCUT2D eigenvalue weighted by Gasteiger charge is -2.24. The van der Waals surface area contributed by atoms with Crippen molar-refractivity contribution in [2.75, 3.05) is 36.0 Å². The zero-order chi connectivity index (χ0) is 17.0. The van der Waals surface area contributed by atoms with Crippen molar-refractivity contribution in [2.45, 2.75) is 26.2 Å².